The molecular weight excluding hydrogens is 212 g/mol. The summed E-state index contributed by atoms with van der Waals surface area (Å²) in [5, 5.41) is 16.2. The summed E-state index contributed by atoms with van der Waals surface area (Å²) in [5.41, 5.74) is 4.02. The van der Waals surface area contributed by atoms with E-state index >= 15 is 0 Å². The molecule has 0 bridgehead atoms. The van der Waals surface area contributed by atoms with Gasteiger partial charge in [0, 0.05) is 30.5 Å². The molecule has 86 valence electrons. The number of aromatic nitrogens is 2. The Morgan fingerprint density at radius 1 is 1.35 bits per heavy atom. The van der Waals surface area contributed by atoms with Crippen LogP contribution in [-0.4, -0.2) is 9.78 Å². The molecule has 4 nitrogen and oxygen atoms in total. The Labute approximate surface area is 100 Å². The van der Waals surface area contributed by atoms with Crippen LogP contribution in [0.3, 0.4) is 0 Å². The highest BCUT2D eigenvalue weighted by molar-refractivity contribution is 5.47. The Morgan fingerprint density at radius 3 is 2.59 bits per heavy atom. The zero-order chi connectivity index (χ0) is 12.3. The summed E-state index contributed by atoms with van der Waals surface area (Å²) < 4.78 is 1.86. The number of hydrogen-bond acceptors (Lipinski definition) is 3. The van der Waals surface area contributed by atoms with E-state index in [0.29, 0.717) is 5.56 Å². The molecule has 1 heterocycles. The van der Waals surface area contributed by atoms with Gasteiger partial charge in [-0.1, -0.05) is 0 Å². The van der Waals surface area contributed by atoms with Gasteiger partial charge in [0.05, 0.1) is 17.8 Å². The molecule has 0 aliphatic carbocycles. The van der Waals surface area contributed by atoms with Gasteiger partial charge in [-0.05, 0) is 31.2 Å². The zero-order valence-corrected chi connectivity index (χ0v) is 9.94. The number of nitrogens with zero attached hydrogens (tertiary/aromatic N) is 3. The van der Waals surface area contributed by atoms with Crippen molar-refractivity contribution < 1.29 is 0 Å². The second-order valence-corrected chi connectivity index (χ2v) is 3.92. The van der Waals surface area contributed by atoms with Gasteiger partial charge < -0.3 is 5.32 Å². The van der Waals surface area contributed by atoms with E-state index in [9.17, 15) is 0 Å². The monoisotopic (exact) mass is 226 g/mol. The van der Waals surface area contributed by atoms with E-state index < -0.39 is 0 Å². The predicted octanol–water partition coefficient (Wildman–Crippen LogP) is 2.21. The summed E-state index contributed by atoms with van der Waals surface area (Å²) >= 11 is 0. The molecule has 0 saturated heterocycles. The Morgan fingerprint density at radius 2 is 2.06 bits per heavy atom. The van der Waals surface area contributed by atoms with Crippen molar-refractivity contribution in [3.63, 3.8) is 0 Å². The number of nitrogens with one attached hydrogen (secondary N) is 1. The van der Waals surface area contributed by atoms with Crippen LogP contribution in [0, 0.1) is 18.3 Å². The van der Waals surface area contributed by atoms with E-state index in [2.05, 4.69) is 16.5 Å². The molecule has 0 fully saturated rings. The normalized spacial score (nSPS) is 9.94. The lowest BCUT2D eigenvalue weighted by Gasteiger charge is -2.05. The lowest BCUT2D eigenvalue weighted by molar-refractivity contribution is 0.738. The van der Waals surface area contributed by atoms with Crippen molar-refractivity contribution in [2.75, 3.05) is 5.32 Å². The molecule has 1 aromatic carbocycles. The van der Waals surface area contributed by atoms with Gasteiger partial charge in [-0.15, -0.1) is 0 Å². The minimum absolute atomic E-state index is 0.674. The van der Waals surface area contributed by atoms with Gasteiger partial charge in [-0.25, -0.2) is 0 Å². The van der Waals surface area contributed by atoms with E-state index in [1.165, 1.54) is 5.56 Å². The van der Waals surface area contributed by atoms with Crippen molar-refractivity contribution in [2.45, 2.75) is 13.5 Å². The topological polar surface area (TPSA) is 53.6 Å². The van der Waals surface area contributed by atoms with Crippen molar-refractivity contribution in [1.82, 2.24) is 9.78 Å². The predicted molar refractivity (Wildman–Crippen MR) is 66.4 cm³/mol. The fourth-order valence-electron chi connectivity index (χ4n) is 1.58. The Bertz CT molecular complexity index is 546. The maximum atomic E-state index is 8.69. The third-order valence-corrected chi connectivity index (χ3v) is 2.83. The first kappa shape index (κ1) is 11.2. The second kappa shape index (κ2) is 4.71. The number of aryl methyl sites for hydroxylation is 1. The minimum Gasteiger partial charge on any atom is -0.381 e. The molecule has 0 atom stereocenters. The van der Waals surface area contributed by atoms with Crippen LogP contribution >= 0.6 is 0 Å². The van der Waals surface area contributed by atoms with Gasteiger partial charge in [0.1, 0.15) is 0 Å². The van der Waals surface area contributed by atoms with Crippen molar-refractivity contribution in [1.29, 1.82) is 5.26 Å². The van der Waals surface area contributed by atoms with Gasteiger partial charge in [0.2, 0.25) is 0 Å². The standard InChI is InChI=1S/C13H14N4/c1-10-12(9-16-17(10)2)8-15-13-5-3-11(7-14)4-6-13/h3-6,9,15H,8H2,1-2H3. The molecule has 0 amide bonds. The summed E-state index contributed by atoms with van der Waals surface area (Å²) in [6.45, 7) is 2.79. The average Bonchev–Trinajstić information content (AvgIpc) is 2.68. The van der Waals surface area contributed by atoms with Crippen LogP contribution in [0.5, 0.6) is 0 Å². The van der Waals surface area contributed by atoms with Crippen LogP contribution in [0.15, 0.2) is 30.5 Å². The molecule has 0 aliphatic heterocycles. The molecule has 0 aliphatic rings. The number of anilines is 1. The first-order valence-corrected chi connectivity index (χ1v) is 5.42. The Balaban J connectivity index is 2.03. The molecule has 2 aromatic rings. The second-order valence-electron chi connectivity index (χ2n) is 3.92. The zero-order valence-electron chi connectivity index (χ0n) is 9.94. The number of hydrogen-bond donors (Lipinski definition) is 1. The van der Waals surface area contributed by atoms with Crippen LogP contribution in [0.4, 0.5) is 5.69 Å². The van der Waals surface area contributed by atoms with Gasteiger partial charge in [0.25, 0.3) is 0 Å². The van der Waals surface area contributed by atoms with E-state index in [-0.39, 0.29) is 0 Å². The molecule has 1 N–H and O–H groups in total. The van der Waals surface area contributed by atoms with Crippen LogP contribution < -0.4 is 5.32 Å². The van der Waals surface area contributed by atoms with Crippen LogP contribution in [-0.2, 0) is 13.6 Å². The molecule has 4 heteroatoms. The number of nitriles is 1. The first-order chi connectivity index (χ1) is 8.20. The molecule has 2 rings (SSSR count). The van der Waals surface area contributed by atoms with E-state index in [1.54, 1.807) is 12.1 Å². The summed E-state index contributed by atoms with van der Waals surface area (Å²) in [6, 6.07) is 9.52. The largest absolute Gasteiger partial charge is 0.381 e. The minimum atomic E-state index is 0.674. The van der Waals surface area contributed by atoms with Gasteiger partial charge >= 0.3 is 0 Å². The van der Waals surface area contributed by atoms with E-state index in [1.807, 2.05) is 37.0 Å². The molecule has 0 unspecified atom stereocenters. The highest BCUT2D eigenvalue weighted by atomic mass is 15.3. The van der Waals surface area contributed by atoms with E-state index in [4.69, 9.17) is 5.26 Å². The fourth-order valence-corrected chi connectivity index (χ4v) is 1.58. The van der Waals surface area contributed by atoms with E-state index in [0.717, 1.165) is 17.9 Å². The molecule has 17 heavy (non-hydrogen) atoms. The molecule has 0 saturated carbocycles. The van der Waals surface area contributed by atoms with Crippen LogP contribution in [0.25, 0.3) is 0 Å². The fraction of sp³-hybridized carbons (Fsp3) is 0.231. The Kier molecular flexibility index (Phi) is 3.10. The van der Waals surface area contributed by atoms with Crippen LogP contribution in [0.1, 0.15) is 16.8 Å². The van der Waals surface area contributed by atoms with Gasteiger partial charge in [0.15, 0.2) is 0 Å². The molecule has 0 radical (unpaired) electrons. The van der Waals surface area contributed by atoms with Crippen molar-refractivity contribution in [3.8, 4) is 6.07 Å². The molecule has 1 aromatic heterocycles. The summed E-state index contributed by atoms with van der Waals surface area (Å²) in [5.74, 6) is 0. The van der Waals surface area contributed by atoms with Gasteiger partial charge in [-0.3, -0.25) is 4.68 Å². The summed E-state index contributed by atoms with van der Waals surface area (Å²) in [6.07, 6.45) is 1.87. The van der Waals surface area contributed by atoms with Crippen molar-refractivity contribution in [3.05, 3.63) is 47.3 Å². The molecular formula is C13H14N4. The third-order valence-electron chi connectivity index (χ3n) is 2.83. The van der Waals surface area contributed by atoms with Crippen molar-refractivity contribution >= 4 is 5.69 Å². The highest BCUT2D eigenvalue weighted by Gasteiger charge is 2.02. The summed E-state index contributed by atoms with van der Waals surface area (Å²) in [4.78, 5) is 0. The average molecular weight is 226 g/mol. The van der Waals surface area contributed by atoms with Gasteiger partial charge in [-0.2, -0.15) is 10.4 Å². The quantitative estimate of drug-likeness (QED) is 0.873. The van der Waals surface area contributed by atoms with Crippen LogP contribution in [0.2, 0.25) is 0 Å². The maximum absolute atomic E-state index is 8.69. The Hall–Kier alpha value is -2.28. The lowest BCUT2D eigenvalue weighted by Crippen LogP contribution is -2.01. The maximum Gasteiger partial charge on any atom is 0.0991 e. The number of rotatable bonds is 3. The summed E-state index contributed by atoms with van der Waals surface area (Å²) in [7, 11) is 1.93. The first-order valence-electron chi connectivity index (χ1n) is 5.42. The van der Waals surface area contributed by atoms with Crippen molar-refractivity contribution in [2.24, 2.45) is 7.05 Å². The molecule has 0 spiro atoms. The lowest BCUT2D eigenvalue weighted by atomic mass is 10.2. The third kappa shape index (κ3) is 2.45. The highest BCUT2D eigenvalue weighted by Crippen LogP contribution is 2.12. The number of benzene rings is 1. The smallest absolute Gasteiger partial charge is 0.0991 e. The SMILES string of the molecule is Cc1c(CNc2ccc(C#N)cc2)cnn1C.